The maximum Gasteiger partial charge on any atom is 0.317 e. The molecule has 136 valence electrons. The highest BCUT2D eigenvalue weighted by atomic mass is 16.2. The SMILES string of the molecule is CCC=N/C=C\Cc1n[nH]c2c1CN(C(=O)NC1CCN(C)C1)CC2. The largest absolute Gasteiger partial charge is 0.334 e. The molecular formula is C18H28N6O. The first-order chi connectivity index (χ1) is 12.2. The fraction of sp³-hybridized carbons (Fsp3) is 0.611. The number of nitrogens with one attached hydrogen (secondary N) is 2. The zero-order valence-electron chi connectivity index (χ0n) is 15.2. The highest BCUT2D eigenvalue weighted by molar-refractivity contribution is 5.75. The predicted molar refractivity (Wildman–Crippen MR) is 98.8 cm³/mol. The smallest absolute Gasteiger partial charge is 0.317 e. The van der Waals surface area contributed by atoms with E-state index in [0.717, 1.165) is 62.3 Å². The van der Waals surface area contributed by atoms with Crippen LogP contribution in [0.1, 0.15) is 36.7 Å². The van der Waals surface area contributed by atoms with Crippen molar-refractivity contribution in [1.29, 1.82) is 0 Å². The van der Waals surface area contributed by atoms with Gasteiger partial charge in [-0.3, -0.25) is 10.1 Å². The van der Waals surface area contributed by atoms with Gasteiger partial charge in [0.25, 0.3) is 0 Å². The first-order valence-corrected chi connectivity index (χ1v) is 9.13. The number of likely N-dealkylation sites (N-methyl/N-ethyl adjacent to an activating group) is 1. The van der Waals surface area contributed by atoms with Gasteiger partial charge in [0, 0.05) is 55.6 Å². The highest BCUT2D eigenvalue weighted by Crippen LogP contribution is 2.21. The minimum absolute atomic E-state index is 0.0428. The summed E-state index contributed by atoms with van der Waals surface area (Å²) in [5.74, 6) is 0. The number of H-pyrrole nitrogens is 1. The molecule has 0 aliphatic carbocycles. The van der Waals surface area contributed by atoms with Crippen molar-refractivity contribution in [3.8, 4) is 0 Å². The third-order valence-corrected chi connectivity index (χ3v) is 4.82. The molecule has 1 aromatic rings. The second-order valence-electron chi connectivity index (χ2n) is 6.83. The van der Waals surface area contributed by atoms with Crippen LogP contribution in [-0.4, -0.2) is 65.0 Å². The Bertz CT molecular complexity index is 650. The van der Waals surface area contributed by atoms with Crippen LogP contribution in [-0.2, 0) is 19.4 Å². The molecule has 0 radical (unpaired) electrons. The highest BCUT2D eigenvalue weighted by Gasteiger charge is 2.27. The summed E-state index contributed by atoms with van der Waals surface area (Å²) in [6.45, 7) is 5.41. The van der Waals surface area contributed by atoms with E-state index in [1.165, 1.54) is 0 Å². The molecule has 0 bridgehead atoms. The van der Waals surface area contributed by atoms with Crippen LogP contribution in [0.3, 0.4) is 0 Å². The van der Waals surface area contributed by atoms with Crippen LogP contribution < -0.4 is 5.32 Å². The normalized spacial score (nSPS) is 21.4. The first-order valence-electron chi connectivity index (χ1n) is 9.13. The van der Waals surface area contributed by atoms with Gasteiger partial charge in [-0.25, -0.2) is 4.79 Å². The number of urea groups is 1. The number of likely N-dealkylation sites (tertiary alicyclic amines) is 1. The minimum atomic E-state index is 0.0428. The van der Waals surface area contributed by atoms with Crippen molar-refractivity contribution < 1.29 is 4.79 Å². The second kappa shape index (κ2) is 8.29. The van der Waals surface area contributed by atoms with Gasteiger partial charge in [-0.05, 0) is 26.4 Å². The zero-order chi connectivity index (χ0) is 17.6. The number of allylic oxidation sites excluding steroid dienone is 1. The topological polar surface area (TPSA) is 76.6 Å². The lowest BCUT2D eigenvalue weighted by Crippen LogP contribution is -2.47. The molecule has 1 unspecified atom stereocenters. The predicted octanol–water partition coefficient (Wildman–Crippen LogP) is 1.72. The van der Waals surface area contributed by atoms with Gasteiger partial charge in [0.15, 0.2) is 0 Å². The van der Waals surface area contributed by atoms with Crippen molar-refractivity contribution in [1.82, 2.24) is 25.3 Å². The zero-order valence-corrected chi connectivity index (χ0v) is 15.2. The Morgan fingerprint density at radius 3 is 3.12 bits per heavy atom. The van der Waals surface area contributed by atoms with Gasteiger partial charge in [-0.2, -0.15) is 5.10 Å². The third-order valence-electron chi connectivity index (χ3n) is 4.82. The number of amides is 2. The van der Waals surface area contributed by atoms with E-state index in [-0.39, 0.29) is 12.1 Å². The van der Waals surface area contributed by atoms with Gasteiger partial charge in [-0.1, -0.05) is 13.0 Å². The van der Waals surface area contributed by atoms with Crippen LogP contribution in [0.25, 0.3) is 0 Å². The van der Waals surface area contributed by atoms with Gasteiger partial charge >= 0.3 is 6.03 Å². The number of aliphatic imine (C=N–C) groups is 1. The molecule has 7 nitrogen and oxygen atoms in total. The molecule has 25 heavy (non-hydrogen) atoms. The van der Waals surface area contributed by atoms with E-state index in [1.807, 2.05) is 23.4 Å². The summed E-state index contributed by atoms with van der Waals surface area (Å²) < 4.78 is 0. The molecule has 1 atom stereocenters. The molecule has 0 spiro atoms. The van der Waals surface area contributed by atoms with Gasteiger partial charge in [0.05, 0.1) is 12.2 Å². The molecule has 0 saturated carbocycles. The van der Waals surface area contributed by atoms with Crippen LogP contribution in [0.4, 0.5) is 4.79 Å². The molecule has 1 saturated heterocycles. The molecule has 1 aromatic heterocycles. The van der Waals surface area contributed by atoms with Crippen LogP contribution >= 0.6 is 0 Å². The van der Waals surface area contributed by atoms with Crippen molar-refractivity contribution >= 4 is 12.2 Å². The number of aromatic amines is 1. The van der Waals surface area contributed by atoms with E-state index in [9.17, 15) is 4.79 Å². The first kappa shape index (κ1) is 17.7. The van der Waals surface area contributed by atoms with Gasteiger partial charge < -0.3 is 15.1 Å². The Kier molecular flexibility index (Phi) is 5.86. The fourth-order valence-corrected chi connectivity index (χ4v) is 3.41. The number of fused-ring (bicyclic) bond motifs is 1. The second-order valence-corrected chi connectivity index (χ2v) is 6.83. The van der Waals surface area contributed by atoms with Gasteiger partial charge in [0.2, 0.25) is 0 Å². The van der Waals surface area contributed by atoms with E-state index >= 15 is 0 Å². The average molecular weight is 344 g/mol. The van der Waals surface area contributed by atoms with Crippen molar-refractivity contribution in [2.24, 2.45) is 4.99 Å². The summed E-state index contributed by atoms with van der Waals surface area (Å²) in [5, 5.41) is 10.7. The summed E-state index contributed by atoms with van der Waals surface area (Å²) in [4.78, 5) is 20.9. The van der Waals surface area contributed by atoms with Crippen LogP contribution in [0.5, 0.6) is 0 Å². The Labute approximate surface area is 149 Å². The number of carbonyl (C=O) groups excluding carboxylic acids is 1. The Morgan fingerprint density at radius 2 is 2.36 bits per heavy atom. The number of hydrogen-bond acceptors (Lipinski definition) is 4. The van der Waals surface area contributed by atoms with Crippen molar-refractivity contribution in [3.63, 3.8) is 0 Å². The molecule has 7 heteroatoms. The summed E-state index contributed by atoms with van der Waals surface area (Å²) in [5.41, 5.74) is 3.33. The van der Waals surface area contributed by atoms with E-state index < -0.39 is 0 Å². The number of nitrogens with zero attached hydrogens (tertiary/aromatic N) is 4. The van der Waals surface area contributed by atoms with Gasteiger partial charge in [0.1, 0.15) is 0 Å². The quantitative estimate of drug-likeness (QED) is 0.799. The summed E-state index contributed by atoms with van der Waals surface area (Å²) in [6.07, 6.45) is 9.23. The number of rotatable bonds is 5. The standard InChI is InChI=1S/C18H28N6O/c1-3-8-19-9-4-5-16-15-13-24(11-7-17(15)22-21-16)18(25)20-14-6-10-23(2)12-14/h4,8-9,14H,3,5-7,10-13H2,1-2H3,(H,20,25)(H,21,22)/b9-4-,19-8?. The molecular weight excluding hydrogens is 316 g/mol. The molecule has 2 aliphatic rings. The van der Waals surface area contributed by atoms with Crippen molar-refractivity contribution in [3.05, 3.63) is 29.2 Å². The van der Waals surface area contributed by atoms with Crippen LogP contribution in [0.15, 0.2) is 17.3 Å². The lowest BCUT2D eigenvalue weighted by atomic mass is 10.0. The Hall–Kier alpha value is -2.15. The number of carbonyl (C=O) groups is 1. The molecule has 0 aromatic carbocycles. The minimum Gasteiger partial charge on any atom is -0.334 e. The molecule has 3 heterocycles. The van der Waals surface area contributed by atoms with Crippen molar-refractivity contribution in [2.45, 2.75) is 45.2 Å². The summed E-state index contributed by atoms with van der Waals surface area (Å²) >= 11 is 0. The molecule has 2 N–H and O–H groups in total. The lowest BCUT2D eigenvalue weighted by Gasteiger charge is -2.28. The molecule has 1 fully saturated rings. The Morgan fingerprint density at radius 1 is 1.48 bits per heavy atom. The van der Waals surface area contributed by atoms with E-state index in [4.69, 9.17) is 0 Å². The van der Waals surface area contributed by atoms with E-state index in [1.54, 1.807) is 0 Å². The molecule has 2 amide bonds. The fourth-order valence-electron chi connectivity index (χ4n) is 3.41. The number of aromatic nitrogens is 2. The van der Waals surface area contributed by atoms with E-state index in [2.05, 4.69) is 39.4 Å². The lowest BCUT2D eigenvalue weighted by molar-refractivity contribution is 0.188. The monoisotopic (exact) mass is 344 g/mol. The van der Waals surface area contributed by atoms with E-state index in [0.29, 0.717) is 6.54 Å². The van der Waals surface area contributed by atoms with Crippen molar-refractivity contribution in [2.75, 3.05) is 26.7 Å². The molecule has 3 rings (SSSR count). The van der Waals surface area contributed by atoms with Gasteiger partial charge in [-0.15, -0.1) is 0 Å². The third kappa shape index (κ3) is 4.48. The molecule has 2 aliphatic heterocycles. The van der Waals surface area contributed by atoms with Crippen LogP contribution in [0.2, 0.25) is 0 Å². The Balaban J connectivity index is 1.58. The maximum atomic E-state index is 12.6. The maximum absolute atomic E-state index is 12.6. The van der Waals surface area contributed by atoms with Crippen LogP contribution in [0, 0.1) is 0 Å². The summed E-state index contributed by atoms with van der Waals surface area (Å²) in [7, 11) is 2.09. The summed E-state index contributed by atoms with van der Waals surface area (Å²) in [6, 6.07) is 0.309. The average Bonchev–Trinajstić information content (AvgIpc) is 3.20. The number of hydrogen-bond donors (Lipinski definition) is 2.